The highest BCUT2D eigenvalue weighted by molar-refractivity contribution is 7.99. The molecule has 3 heterocycles. The Kier molecular flexibility index (Phi) is 6.45. The fourth-order valence-electron chi connectivity index (χ4n) is 3.08. The molecule has 1 amide bonds. The lowest BCUT2D eigenvalue weighted by atomic mass is 10.0. The van der Waals surface area contributed by atoms with Crippen LogP contribution in [0.2, 0.25) is 0 Å². The summed E-state index contributed by atoms with van der Waals surface area (Å²) in [5, 5.41) is 22.8. The number of furan rings is 1. The van der Waals surface area contributed by atoms with E-state index in [2.05, 4.69) is 21.4 Å². The van der Waals surface area contributed by atoms with Crippen LogP contribution in [0.15, 0.2) is 46.0 Å². The lowest BCUT2D eigenvalue weighted by molar-refractivity contribution is -0.115. The number of ether oxygens (including phenoxy) is 1. The van der Waals surface area contributed by atoms with Crippen molar-refractivity contribution in [3.05, 3.63) is 47.7 Å². The summed E-state index contributed by atoms with van der Waals surface area (Å²) in [7, 11) is 1.59. The molecule has 0 aliphatic carbocycles. The van der Waals surface area contributed by atoms with Gasteiger partial charge in [0, 0.05) is 12.2 Å². The first-order valence-corrected chi connectivity index (χ1v) is 11.4. The minimum atomic E-state index is -0.222. The number of nitrogens with zero attached hydrogens (tertiary/aromatic N) is 4. The molecule has 0 saturated heterocycles. The van der Waals surface area contributed by atoms with E-state index in [0.717, 1.165) is 16.0 Å². The number of aromatic nitrogens is 2. The molecule has 0 bridgehead atoms. The van der Waals surface area contributed by atoms with Crippen LogP contribution in [0.1, 0.15) is 17.5 Å². The van der Waals surface area contributed by atoms with Crippen molar-refractivity contribution < 1.29 is 13.9 Å². The van der Waals surface area contributed by atoms with E-state index in [-0.39, 0.29) is 29.3 Å². The fraction of sp³-hybridized carbons (Fsp3) is 0.136. The Labute approximate surface area is 196 Å². The van der Waals surface area contributed by atoms with Crippen molar-refractivity contribution in [3.63, 3.8) is 0 Å². The highest BCUT2D eigenvalue weighted by atomic mass is 32.2. The van der Waals surface area contributed by atoms with Gasteiger partial charge in [0.25, 0.3) is 0 Å². The van der Waals surface area contributed by atoms with Crippen LogP contribution in [0.4, 0.5) is 10.9 Å². The van der Waals surface area contributed by atoms with E-state index in [1.54, 1.807) is 19.2 Å². The SMILES string of the molecule is COc1ccc2nc(NC(=O)CCSc3nc(N)c(C#N)c(-c4ccco4)c3C#N)sc2c1. The highest BCUT2D eigenvalue weighted by Gasteiger charge is 2.22. The van der Waals surface area contributed by atoms with Crippen LogP contribution in [-0.4, -0.2) is 28.7 Å². The van der Waals surface area contributed by atoms with Crippen LogP contribution in [0, 0.1) is 22.7 Å². The number of carbonyl (C=O) groups is 1. The van der Waals surface area contributed by atoms with Crippen LogP contribution in [0.3, 0.4) is 0 Å². The van der Waals surface area contributed by atoms with E-state index in [1.165, 1.54) is 29.4 Å². The van der Waals surface area contributed by atoms with E-state index in [4.69, 9.17) is 14.9 Å². The van der Waals surface area contributed by atoms with Crippen molar-refractivity contribution in [2.75, 3.05) is 23.9 Å². The Morgan fingerprint density at radius 1 is 1.27 bits per heavy atom. The smallest absolute Gasteiger partial charge is 0.226 e. The van der Waals surface area contributed by atoms with Crippen molar-refractivity contribution >= 4 is 50.2 Å². The summed E-state index contributed by atoms with van der Waals surface area (Å²) in [6.45, 7) is 0. The van der Waals surface area contributed by atoms with Crippen LogP contribution in [0.5, 0.6) is 5.75 Å². The number of fused-ring (bicyclic) bond motifs is 1. The predicted molar refractivity (Wildman–Crippen MR) is 126 cm³/mol. The standard InChI is InChI=1S/C22H16N6O3S2/c1-30-12-4-5-15-17(9-12)33-22(26-15)27-18(29)6-8-32-21-14(11-24)19(16-3-2-7-31-16)13(10-23)20(25)28-21/h2-5,7,9H,6,8H2,1H3,(H2,25,28)(H,26,27,29). The molecule has 0 aliphatic heterocycles. The third-order valence-electron chi connectivity index (χ3n) is 4.59. The first-order chi connectivity index (χ1) is 16.0. The first kappa shape index (κ1) is 22.1. The molecule has 0 radical (unpaired) electrons. The van der Waals surface area contributed by atoms with Crippen LogP contribution < -0.4 is 15.8 Å². The quantitative estimate of drug-likeness (QED) is 0.370. The molecule has 0 saturated carbocycles. The second kappa shape index (κ2) is 9.61. The third-order valence-corrected chi connectivity index (χ3v) is 6.50. The third kappa shape index (κ3) is 4.60. The molecule has 9 nitrogen and oxygen atoms in total. The van der Waals surface area contributed by atoms with E-state index >= 15 is 0 Å². The molecule has 3 aromatic heterocycles. The Morgan fingerprint density at radius 3 is 2.79 bits per heavy atom. The number of thiazole rings is 1. The number of carbonyl (C=O) groups excluding carboxylic acids is 1. The highest BCUT2D eigenvalue weighted by Crippen LogP contribution is 2.36. The van der Waals surface area contributed by atoms with Gasteiger partial charge in [-0.25, -0.2) is 9.97 Å². The maximum atomic E-state index is 12.4. The summed E-state index contributed by atoms with van der Waals surface area (Å²) in [5.41, 5.74) is 7.29. The largest absolute Gasteiger partial charge is 0.497 e. The van der Waals surface area contributed by atoms with E-state index in [9.17, 15) is 15.3 Å². The number of nitriles is 2. The molecule has 0 spiro atoms. The zero-order chi connectivity index (χ0) is 23.4. The zero-order valence-electron chi connectivity index (χ0n) is 17.3. The Morgan fingerprint density at radius 2 is 2.09 bits per heavy atom. The summed E-state index contributed by atoms with van der Waals surface area (Å²) < 4.78 is 11.5. The minimum absolute atomic E-state index is 0.000227. The van der Waals surface area contributed by atoms with Gasteiger partial charge in [-0.2, -0.15) is 10.5 Å². The summed E-state index contributed by atoms with van der Waals surface area (Å²) in [6.07, 6.45) is 1.61. The summed E-state index contributed by atoms with van der Waals surface area (Å²) in [5.74, 6) is 1.19. The number of amides is 1. The molecule has 1 aromatic carbocycles. The number of nitrogens with one attached hydrogen (secondary N) is 1. The number of thioether (sulfide) groups is 1. The molecule has 0 fully saturated rings. The van der Waals surface area contributed by atoms with Gasteiger partial charge in [-0.05, 0) is 30.3 Å². The molecule has 3 N–H and O–H groups in total. The van der Waals surface area contributed by atoms with E-state index in [0.29, 0.717) is 27.2 Å². The maximum absolute atomic E-state index is 12.4. The summed E-state index contributed by atoms with van der Waals surface area (Å²) in [6, 6.07) is 12.9. The van der Waals surface area contributed by atoms with Crippen LogP contribution in [0.25, 0.3) is 21.5 Å². The predicted octanol–water partition coefficient (Wildman–Crippen LogP) is 4.41. The molecule has 0 unspecified atom stereocenters. The molecule has 33 heavy (non-hydrogen) atoms. The molecule has 0 aliphatic rings. The Bertz CT molecular complexity index is 1420. The molecule has 4 aromatic rings. The number of hydrogen-bond donors (Lipinski definition) is 2. The fourth-order valence-corrected chi connectivity index (χ4v) is 4.92. The monoisotopic (exact) mass is 476 g/mol. The maximum Gasteiger partial charge on any atom is 0.226 e. The van der Waals surface area contributed by atoms with Gasteiger partial charge >= 0.3 is 0 Å². The number of nitrogens with two attached hydrogens (primary N) is 1. The Hall–Kier alpha value is -4.06. The van der Waals surface area contributed by atoms with Crippen LogP contribution >= 0.6 is 23.1 Å². The molecular formula is C22H16N6O3S2. The van der Waals surface area contributed by atoms with Gasteiger partial charge in [-0.3, -0.25) is 4.79 Å². The number of hydrogen-bond acceptors (Lipinski definition) is 10. The normalized spacial score (nSPS) is 10.5. The number of rotatable bonds is 7. The van der Waals surface area contributed by atoms with Gasteiger partial charge in [-0.1, -0.05) is 11.3 Å². The zero-order valence-corrected chi connectivity index (χ0v) is 18.9. The van der Waals surface area contributed by atoms with Gasteiger partial charge in [0.2, 0.25) is 5.91 Å². The van der Waals surface area contributed by atoms with Gasteiger partial charge in [0.1, 0.15) is 40.1 Å². The topological polar surface area (TPSA) is 151 Å². The second-order valence-corrected chi connectivity index (χ2v) is 8.74. The number of pyridine rings is 1. The van der Waals surface area contributed by atoms with Crippen molar-refractivity contribution in [2.24, 2.45) is 0 Å². The Balaban J connectivity index is 1.47. The van der Waals surface area contributed by atoms with Crippen molar-refractivity contribution in [2.45, 2.75) is 11.4 Å². The van der Waals surface area contributed by atoms with E-state index < -0.39 is 0 Å². The molecule has 4 rings (SSSR count). The summed E-state index contributed by atoms with van der Waals surface area (Å²) >= 11 is 2.56. The average Bonchev–Trinajstić information content (AvgIpc) is 3.47. The summed E-state index contributed by atoms with van der Waals surface area (Å²) in [4.78, 5) is 21.0. The average molecular weight is 477 g/mol. The number of benzene rings is 1. The number of anilines is 2. The van der Waals surface area contributed by atoms with E-state index in [1.807, 2.05) is 24.3 Å². The molecule has 11 heteroatoms. The number of methoxy groups -OCH3 is 1. The minimum Gasteiger partial charge on any atom is -0.497 e. The molecular weight excluding hydrogens is 460 g/mol. The van der Waals surface area contributed by atoms with Crippen molar-refractivity contribution in [3.8, 4) is 29.2 Å². The van der Waals surface area contributed by atoms with Crippen molar-refractivity contribution in [1.82, 2.24) is 9.97 Å². The van der Waals surface area contributed by atoms with Crippen molar-refractivity contribution in [1.29, 1.82) is 10.5 Å². The molecule has 164 valence electrons. The second-order valence-electron chi connectivity index (χ2n) is 6.63. The van der Waals surface area contributed by atoms with Gasteiger partial charge < -0.3 is 20.2 Å². The van der Waals surface area contributed by atoms with Crippen LogP contribution in [-0.2, 0) is 4.79 Å². The van der Waals surface area contributed by atoms with Gasteiger partial charge in [0.05, 0.1) is 34.7 Å². The first-order valence-electron chi connectivity index (χ1n) is 9.58. The van der Waals surface area contributed by atoms with Gasteiger partial charge in [0.15, 0.2) is 5.13 Å². The molecule has 0 atom stereocenters. The lowest BCUT2D eigenvalue weighted by Crippen LogP contribution is -2.12. The van der Waals surface area contributed by atoms with Gasteiger partial charge in [-0.15, -0.1) is 11.8 Å². The number of nitrogen functional groups attached to an aromatic ring is 1. The lowest BCUT2D eigenvalue weighted by Gasteiger charge is -2.11.